The van der Waals surface area contributed by atoms with Crippen LogP contribution in [0.4, 0.5) is 28.0 Å². The highest BCUT2D eigenvalue weighted by molar-refractivity contribution is 8.14. The number of aliphatic imine (C=N–C) groups is 1. The van der Waals surface area contributed by atoms with Crippen LogP contribution in [0.1, 0.15) is 36.8 Å². The van der Waals surface area contributed by atoms with E-state index in [9.17, 15) is 27.6 Å². The number of ether oxygens (including phenoxy) is 1. The van der Waals surface area contributed by atoms with Crippen LogP contribution in [0, 0.1) is 17.1 Å². The first kappa shape index (κ1) is 31.5. The van der Waals surface area contributed by atoms with Gasteiger partial charge in [-0.1, -0.05) is 49.9 Å². The van der Waals surface area contributed by atoms with E-state index in [0.717, 1.165) is 17.0 Å². The minimum atomic E-state index is -4.78. The lowest BCUT2D eigenvalue weighted by atomic mass is 9.99. The average Bonchev–Trinajstić information content (AvgIpc) is 3.68. The van der Waals surface area contributed by atoms with Crippen LogP contribution in [0.5, 0.6) is 5.75 Å². The van der Waals surface area contributed by atoms with E-state index >= 15 is 0 Å². The van der Waals surface area contributed by atoms with Gasteiger partial charge in [-0.05, 0) is 59.5 Å². The zero-order valence-corrected chi connectivity index (χ0v) is 24.9. The highest BCUT2D eigenvalue weighted by atomic mass is 32.2. The number of halogens is 4. The van der Waals surface area contributed by atoms with Crippen molar-refractivity contribution in [2.45, 2.75) is 32.0 Å². The molecule has 1 saturated heterocycles. The molecule has 3 aromatic carbocycles. The molecule has 2 amide bonds. The Morgan fingerprint density at radius 3 is 2.53 bits per heavy atom. The molecule has 1 N–H and O–H groups in total. The second-order valence-electron chi connectivity index (χ2n) is 10.3. The standard InChI is InChI=1S/C31H27F4N7O2S/c1-19(2)26-15-23(32)7-12-27(26)41-13-14-45-30(41)39-29(43)37-17-22(16-36)20-3-5-21(6-4-20)28-38-18-42(40-28)24-8-10-25(11-9-24)44-31(33,34)35/h3-12,15,18-19,22H,13-14,17H2,1-2H3,(H,37,43). The van der Waals surface area contributed by atoms with Crippen molar-refractivity contribution < 1.29 is 27.1 Å². The number of alkyl halides is 3. The number of hydrogen-bond acceptors (Lipinski definition) is 6. The number of amidine groups is 1. The van der Waals surface area contributed by atoms with Crippen molar-refractivity contribution in [3.63, 3.8) is 0 Å². The lowest BCUT2D eigenvalue weighted by Gasteiger charge is -2.23. The Bertz CT molecular complexity index is 1730. The van der Waals surface area contributed by atoms with Crippen LogP contribution < -0.4 is 15.0 Å². The van der Waals surface area contributed by atoms with Gasteiger partial charge >= 0.3 is 12.4 Å². The maximum atomic E-state index is 13.9. The topological polar surface area (TPSA) is 108 Å². The summed E-state index contributed by atoms with van der Waals surface area (Å²) in [6.45, 7) is 4.62. The van der Waals surface area contributed by atoms with Gasteiger partial charge in [-0.25, -0.2) is 18.9 Å². The van der Waals surface area contributed by atoms with Gasteiger partial charge in [-0.15, -0.1) is 18.3 Å². The molecule has 1 aliphatic rings. The first-order chi connectivity index (χ1) is 21.5. The molecule has 232 valence electrons. The molecule has 14 heteroatoms. The van der Waals surface area contributed by atoms with Crippen LogP contribution in [-0.4, -0.2) is 51.2 Å². The number of aromatic nitrogens is 3. The van der Waals surface area contributed by atoms with Gasteiger partial charge in [-0.2, -0.15) is 10.3 Å². The Hall–Kier alpha value is -4.90. The number of benzene rings is 3. The van der Waals surface area contributed by atoms with Crippen LogP contribution >= 0.6 is 11.8 Å². The molecule has 1 aromatic heterocycles. The van der Waals surface area contributed by atoms with Gasteiger partial charge in [0.25, 0.3) is 0 Å². The van der Waals surface area contributed by atoms with E-state index in [1.807, 2.05) is 18.7 Å². The maximum absolute atomic E-state index is 13.9. The van der Waals surface area contributed by atoms with Gasteiger partial charge in [-0.3, -0.25) is 0 Å². The third-order valence-corrected chi connectivity index (χ3v) is 7.84. The third kappa shape index (κ3) is 7.79. The van der Waals surface area contributed by atoms with Gasteiger partial charge in [0, 0.05) is 30.1 Å². The number of nitrogens with zero attached hydrogens (tertiary/aromatic N) is 6. The smallest absolute Gasteiger partial charge is 0.406 e. The molecule has 45 heavy (non-hydrogen) atoms. The molecular weight excluding hydrogens is 610 g/mol. The molecule has 1 atom stereocenters. The highest BCUT2D eigenvalue weighted by Crippen LogP contribution is 2.33. The number of anilines is 1. The summed E-state index contributed by atoms with van der Waals surface area (Å²) < 4.78 is 56.4. The van der Waals surface area contributed by atoms with Crippen LogP contribution in [0.15, 0.2) is 78.0 Å². The fourth-order valence-corrected chi connectivity index (χ4v) is 5.64. The number of hydrogen-bond donors (Lipinski definition) is 1. The Kier molecular flexibility index (Phi) is 9.38. The molecule has 2 heterocycles. The first-order valence-corrected chi connectivity index (χ1v) is 14.8. The van der Waals surface area contributed by atoms with E-state index in [4.69, 9.17) is 0 Å². The zero-order chi connectivity index (χ0) is 32.1. The number of nitrogens with one attached hydrogen (secondary N) is 1. The summed E-state index contributed by atoms with van der Waals surface area (Å²) in [7, 11) is 0. The number of amides is 2. The molecule has 0 saturated carbocycles. The summed E-state index contributed by atoms with van der Waals surface area (Å²) in [5.41, 5.74) is 3.45. The fraction of sp³-hybridized carbons (Fsp3) is 0.258. The van der Waals surface area contributed by atoms with E-state index in [1.54, 1.807) is 30.3 Å². The molecule has 0 bridgehead atoms. The summed E-state index contributed by atoms with van der Waals surface area (Å²) in [5.74, 6) is -0.141. The normalized spacial score (nSPS) is 14.9. The maximum Gasteiger partial charge on any atom is 0.573 e. The highest BCUT2D eigenvalue weighted by Gasteiger charge is 2.31. The van der Waals surface area contributed by atoms with Crippen LogP contribution in [0.2, 0.25) is 0 Å². The van der Waals surface area contributed by atoms with Gasteiger partial charge < -0.3 is 15.0 Å². The number of rotatable bonds is 8. The third-order valence-electron chi connectivity index (χ3n) is 6.89. The molecule has 4 aromatic rings. The van der Waals surface area contributed by atoms with E-state index < -0.39 is 18.3 Å². The van der Waals surface area contributed by atoms with Gasteiger partial charge in [0.05, 0.1) is 17.7 Å². The van der Waals surface area contributed by atoms with E-state index in [1.165, 1.54) is 59.2 Å². The Morgan fingerprint density at radius 1 is 1.13 bits per heavy atom. The predicted octanol–water partition coefficient (Wildman–Crippen LogP) is 7.02. The van der Waals surface area contributed by atoms with Gasteiger partial charge in [0.2, 0.25) is 0 Å². The molecule has 0 aliphatic carbocycles. The van der Waals surface area contributed by atoms with Crippen molar-refractivity contribution in [3.05, 3.63) is 90.0 Å². The van der Waals surface area contributed by atoms with Crippen molar-refractivity contribution in [1.82, 2.24) is 20.1 Å². The largest absolute Gasteiger partial charge is 0.573 e. The molecule has 1 fully saturated rings. The Labute approximate surface area is 260 Å². The van der Waals surface area contributed by atoms with Crippen LogP contribution in [0.25, 0.3) is 17.1 Å². The van der Waals surface area contributed by atoms with Gasteiger partial charge in [0.1, 0.15) is 17.9 Å². The van der Waals surface area contributed by atoms with Crippen molar-refractivity contribution in [2.24, 2.45) is 4.99 Å². The van der Waals surface area contributed by atoms with E-state index in [2.05, 4.69) is 31.2 Å². The average molecular weight is 638 g/mol. The lowest BCUT2D eigenvalue weighted by molar-refractivity contribution is -0.274. The monoisotopic (exact) mass is 637 g/mol. The summed E-state index contributed by atoms with van der Waals surface area (Å²) in [6, 6.07) is 18.4. The molecule has 1 aliphatic heterocycles. The Balaban J connectivity index is 1.21. The second kappa shape index (κ2) is 13.4. The second-order valence-corrected chi connectivity index (χ2v) is 11.4. The quantitative estimate of drug-likeness (QED) is 0.207. The SMILES string of the molecule is CC(C)c1cc(F)ccc1N1CCSC1=NC(=O)NCC(C#N)c1ccc(-c2ncn(-c3ccc(OC(F)(F)F)cc3)n2)cc1. The van der Waals surface area contributed by atoms with Crippen molar-refractivity contribution in [1.29, 1.82) is 5.26 Å². The summed E-state index contributed by atoms with van der Waals surface area (Å²) >= 11 is 1.43. The summed E-state index contributed by atoms with van der Waals surface area (Å²) in [5, 5.41) is 17.4. The summed E-state index contributed by atoms with van der Waals surface area (Å²) in [4.78, 5) is 23.2. The molecular formula is C31H27F4N7O2S. The molecule has 5 rings (SSSR count). The van der Waals surface area contributed by atoms with Crippen molar-refractivity contribution in [2.75, 3.05) is 23.7 Å². The molecule has 9 nitrogen and oxygen atoms in total. The number of thioether (sulfide) groups is 1. The lowest BCUT2D eigenvalue weighted by Crippen LogP contribution is -2.30. The number of nitriles is 1. The Morgan fingerprint density at radius 2 is 1.87 bits per heavy atom. The number of carbonyl (C=O) groups excluding carboxylic acids is 1. The predicted molar refractivity (Wildman–Crippen MR) is 163 cm³/mol. The molecule has 0 radical (unpaired) electrons. The van der Waals surface area contributed by atoms with Crippen molar-refractivity contribution in [3.8, 4) is 28.9 Å². The van der Waals surface area contributed by atoms with Crippen molar-refractivity contribution >= 4 is 28.6 Å². The number of urea groups is 1. The zero-order valence-electron chi connectivity index (χ0n) is 24.1. The fourth-order valence-electron chi connectivity index (χ4n) is 4.69. The first-order valence-electron chi connectivity index (χ1n) is 13.8. The van der Waals surface area contributed by atoms with E-state index in [0.29, 0.717) is 34.4 Å². The van der Waals surface area contributed by atoms with Crippen LogP contribution in [-0.2, 0) is 0 Å². The van der Waals surface area contributed by atoms with Crippen LogP contribution in [0.3, 0.4) is 0 Å². The molecule has 1 unspecified atom stereocenters. The number of carbonyl (C=O) groups is 1. The van der Waals surface area contributed by atoms with Gasteiger partial charge in [0.15, 0.2) is 11.0 Å². The summed E-state index contributed by atoms with van der Waals surface area (Å²) in [6.07, 6.45) is -3.35. The molecule has 0 spiro atoms. The minimum absolute atomic E-state index is 0.0326. The minimum Gasteiger partial charge on any atom is -0.406 e. The van der Waals surface area contributed by atoms with E-state index in [-0.39, 0.29) is 24.0 Å².